The molecule has 1 N–H and O–H groups in total. The van der Waals surface area contributed by atoms with Crippen molar-refractivity contribution in [3.05, 3.63) is 39.8 Å². The summed E-state index contributed by atoms with van der Waals surface area (Å²) >= 11 is 1.71. The maximum absolute atomic E-state index is 5.66. The zero-order valence-electron chi connectivity index (χ0n) is 15.8. The van der Waals surface area contributed by atoms with Gasteiger partial charge in [0, 0.05) is 31.9 Å². The van der Waals surface area contributed by atoms with E-state index in [1.165, 1.54) is 5.01 Å². The summed E-state index contributed by atoms with van der Waals surface area (Å²) in [4.78, 5) is 11.1. The molecule has 0 radical (unpaired) electrons. The molecule has 1 aliphatic heterocycles. The second-order valence-corrected chi connectivity index (χ2v) is 7.46. The monoisotopic (exact) mass is 374 g/mol. The van der Waals surface area contributed by atoms with Gasteiger partial charge in [-0.15, -0.1) is 11.3 Å². The van der Waals surface area contributed by atoms with Crippen molar-refractivity contribution in [2.45, 2.75) is 32.9 Å². The van der Waals surface area contributed by atoms with Crippen molar-refractivity contribution >= 4 is 17.3 Å². The van der Waals surface area contributed by atoms with Gasteiger partial charge in [-0.1, -0.05) is 19.9 Å². The van der Waals surface area contributed by atoms with Crippen LogP contribution in [0.1, 0.15) is 36.0 Å². The topological polar surface area (TPSA) is 59.0 Å². The van der Waals surface area contributed by atoms with E-state index in [-0.39, 0.29) is 0 Å². The summed E-state index contributed by atoms with van der Waals surface area (Å²) < 4.78 is 11.2. The Morgan fingerprint density at radius 2 is 2.08 bits per heavy atom. The molecule has 1 aliphatic rings. The number of aromatic nitrogens is 1. The van der Waals surface area contributed by atoms with Crippen molar-refractivity contribution < 1.29 is 9.47 Å². The zero-order valence-corrected chi connectivity index (χ0v) is 16.6. The lowest BCUT2D eigenvalue weighted by atomic mass is 10.2. The Labute approximate surface area is 158 Å². The third-order valence-corrected chi connectivity index (χ3v) is 5.28. The fourth-order valence-corrected chi connectivity index (χ4v) is 3.59. The maximum atomic E-state index is 5.66. The van der Waals surface area contributed by atoms with Crippen molar-refractivity contribution in [2.75, 3.05) is 27.3 Å². The van der Waals surface area contributed by atoms with Crippen LogP contribution in [0.5, 0.6) is 11.5 Å². The van der Waals surface area contributed by atoms with Gasteiger partial charge in [-0.3, -0.25) is 4.99 Å². The van der Waals surface area contributed by atoms with Crippen LogP contribution in [0.15, 0.2) is 28.6 Å². The highest BCUT2D eigenvalue weighted by Crippen LogP contribution is 2.31. The Hall–Kier alpha value is -2.28. The average Bonchev–Trinajstić information content (AvgIpc) is 3.11. The fraction of sp³-hybridized carbons (Fsp3) is 0.474. The lowest BCUT2D eigenvalue weighted by molar-refractivity contribution is 0.171. The van der Waals surface area contributed by atoms with Gasteiger partial charge < -0.3 is 19.7 Å². The minimum absolute atomic E-state index is 0.464. The third-order valence-electron chi connectivity index (χ3n) is 4.09. The Morgan fingerprint density at radius 3 is 2.77 bits per heavy atom. The molecular formula is C19H26N4O2S. The standard InChI is InChI=1S/C19H26N4O2S/c1-13(2)18-22-15(12-26-18)10-21-19(20-3)23(4)11-14-5-6-16-17(9-14)25-8-7-24-16/h5-6,9,12-13H,7-8,10-11H2,1-4H3,(H,20,21). The van der Waals surface area contributed by atoms with Crippen LogP contribution in [-0.2, 0) is 13.1 Å². The van der Waals surface area contributed by atoms with Gasteiger partial charge in [-0.2, -0.15) is 0 Å². The average molecular weight is 375 g/mol. The highest BCUT2D eigenvalue weighted by molar-refractivity contribution is 7.09. The molecule has 0 bridgehead atoms. The van der Waals surface area contributed by atoms with Crippen molar-refractivity contribution in [3.63, 3.8) is 0 Å². The quantitative estimate of drug-likeness (QED) is 0.643. The molecule has 2 heterocycles. The first-order valence-corrected chi connectivity index (χ1v) is 9.69. The maximum Gasteiger partial charge on any atom is 0.194 e. The van der Waals surface area contributed by atoms with E-state index in [4.69, 9.17) is 9.47 Å². The summed E-state index contributed by atoms with van der Waals surface area (Å²) in [6, 6.07) is 6.07. The number of rotatable bonds is 5. The van der Waals surface area contributed by atoms with Gasteiger partial charge in [0.25, 0.3) is 0 Å². The van der Waals surface area contributed by atoms with Crippen LogP contribution >= 0.6 is 11.3 Å². The van der Waals surface area contributed by atoms with Crippen LogP contribution in [0.25, 0.3) is 0 Å². The summed E-state index contributed by atoms with van der Waals surface area (Å²) in [5, 5.41) is 6.66. The van der Waals surface area contributed by atoms with Crippen LogP contribution in [0.2, 0.25) is 0 Å². The van der Waals surface area contributed by atoms with Gasteiger partial charge in [0.15, 0.2) is 17.5 Å². The highest BCUT2D eigenvalue weighted by atomic mass is 32.1. The Morgan fingerprint density at radius 1 is 1.31 bits per heavy atom. The predicted octanol–water partition coefficient (Wildman–Crippen LogP) is 3.25. The molecule has 1 aromatic carbocycles. The number of nitrogens with one attached hydrogen (secondary N) is 1. The van der Waals surface area contributed by atoms with E-state index < -0.39 is 0 Å². The number of guanidine groups is 1. The van der Waals surface area contributed by atoms with E-state index >= 15 is 0 Å². The Balaban J connectivity index is 1.59. The number of benzene rings is 1. The highest BCUT2D eigenvalue weighted by Gasteiger charge is 2.14. The molecule has 3 rings (SSSR count). The first-order valence-electron chi connectivity index (χ1n) is 8.81. The molecule has 7 heteroatoms. The second-order valence-electron chi connectivity index (χ2n) is 6.57. The molecule has 0 saturated carbocycles. The van der Waals surface area contributed by atoms with Crippen LogP contribution in [0.4, 0.5) is 0 Å². The fourth-order valence-electron chi connectivity index (χ4n) is 2.76. The van der Waals surface area contributed by atoms with Crippen molar-refractivity contribution in [1.29, 1.82) is 0 Å². The summed E-state index contributed by atoms with van der Waals surface area (Å²) in [6.45, 7) is 6.93. The van der Waals surface area contributed by atoms with Gasteiger partial charge in [0.05, 0.1) is 17.2 Å². The van der Waals surface area contributed by atoms with E-state index in [9.17, 15) is 0 Å². The molecule has 0 aliphatic carbocycles. The molecule has 0 fully saturated rings. The summed E-state index contributed by atoms with van der Waals surface area (Å²) in [5.74, 6) is 2.92. The summed E-state index contributed by atoms with van der Waals surface area (Å²) in [5.41, 5.74) is 2.20. The molecule has 6 nitrogen and oxygen atoms in total. The molecule has 0 amide bonds. The molecule has 0 saturated heterocycles. The van der Waals surface area contributed by atoms with E-state index in [1.54, 1.807) is 18.4 Å². The summed E-state index contributed by atoms with van der Waals surface area (Å²) in [7, 11) is 3.82. The lowest BCUT2D eigenvalue weighted by Crippen LogP contribution is -2.38. The predicted molar refractivity (Wildman–Crippen MR) is 105 cm³/mol. The van der Waals surface area contributed by atoms with Crippen molar-refractivity contribution in [2.24, 2.45) is 4.99 Å². The normalized spacial score (nSPS) is 13.8. The first kappa shape index (κ1) is 18.5. The van der Waals surface area contributed by atoms with Crippen LogP contribution in [0, 0.1) is 0 Å². The SMILES string of the molecule is CN=C(NCc1csc(C(C)C)n1)N(C)Cc1ccc2c(c1)OCCO2. The molecule has 0 spiro atoms. The lowest BCUT2D eigenvalue weighted by Gasteiger charge is -2.23. The van der Waals surface area contributed by atoms with Crippen LogP contribution in [0.3, 0.4) is 0 Å². The molecule has 140 valence electrons. The number of nitrogens with zero attached hydrogens (tertiary/aromatic N) is 3. The molecule has 0 unspecified atom stereocenters. The number of thiazole rings is 1. The Kier molecular flexibility index (Phi) is 5.98. The largest absolute Gasteiger partial charge is 0.486 e. The van der Waals surface area contributed by atoms with Gasteiger partial charge >= 0.3 is 0 Å². The molecule has 0 atom stereocenters. The smallest absolute Gasteiger partial charge is 0.194 e. The van der Waals surface area contributed by atoms with E-state index in [0.29, 0.717) is 25.7 Å². The van der Waals surface area contributed by atoms with Gasteiger partial charge in [0.1, 0.15) is 13.2 Å². The number of ether oxygens (including phenoxy) is 2. The molecular weight excluding hydrogens is 348 g/mol. The van der Waals surface area contributed by atoms with Gasteiger partial charge in [0.2, 0.25) is 0 Å². The number of hydrogen-bond acceptors (Lipinski definition) is 5. The molecule has 2 aromatic rings. The van der Waals surface area contributed by atoms with Crippen molar-refractivity contribution in [1.82, 2.24) is 15.2 Å². The first-order chi connectivity index (χ1) is 12.6. The number of hydrogen-bond donors (Lipinski definition) is 1. The van der Waals surface area contributed by atoms with Gasteiger partial charge in [-0.05, 0) is 17.7 Å². The van der Waals surface area contributed by atoms with E-state index in [1.807, 2.05) is 19.2 Å². The van der Waals surface area contributed by atoms with Crippen molar-refractivity contribution in [3.8, 4) is 11.5 Å². The number of aliphatic imine (C=N–C) groups is 1. The van der Waals surface area contributed by atoms with Crippen LogP contribution < -0.4 is 14.8 Å². The Bertz CT molecular complexity index is 773. The zero-order chi connectivity index (χ0) is 18.5. The minimum atomic E-state index is 0.464. The third kappa shape index (κ3) is 4.46. The minimum Gasteiger partial charge on any atom is -0.486 e. The molecule has 26 heavy (non-hydrogen) atoms. The molecule has 1 aromatic heterocycles. The van der Waals surface area contributed by atoms with Crippen LogP contribution in [-0.4, -0.2) is 43.2 Å². The number of fused-ring (bicyclic) bond motifs is 1. The summed E-state index contributed by atoms with van der Waals surface area (Å²) in [6.07, 6.45) is 0. The van der Waals surface area contributed by atoms with Gasteiger partial charge in [-0.25, -0.2) is 4.98 Å². The van der Waals surface area contributed by atoms with E-state index in [0.717, 1.165) is 35.3 Å². The van der Waals surface area contributed by atoms with E-state index in [2.05, 4.69) is 45.5 Å². The second kappa shape index (κ2) is 8.40.